The Kier molecular flexibility index (Phi) is 4.07. The van der Waals surface area contributed by atoms with E-state index < -0.39 is 0 Å². The number of rotatable bonds is 2. The third-order valence-corrected chi connectivity index (χ3v) is 4.09. The van der Waals surface area contributed by atoms with Gasteiger partial charge in [0.2, 0.25) is 0 Å². The summed E-state index contributed by atoms with van der Waals surface area (Å²) in [6.07, 6.45) is 0. The van der Waals surface area contributed by atoms with Crippen molar-refractivity contribution in [2.24, 2.45) is 0 Å². The third kappa shape index (κ3) is 3.01. The first kappa shape index (κ1) is 14.3. The molecule has 2 nitrogen and oxygen atoms in total. The third-order valence-electron chi connectivity index (χ3n) is 3.26. The summed E-state index contributed by atoms with van der Waals surface area (Å²) in [6, 6.07) is 20.0. The first-order valence-electron chi connectivity index (χ1n) is 6.57. The molecule has 0 aliphatic heterocycles. The van der Waals surface area contributed by atoms with E-state index in [2.05, 4.69) is 50.2 Å². The van der Waals surface area contributed by atoms with Gasteiger partial charge in [-0.05, 0) is 0 Å². The van der Waals surface area contributed by atoms with Crippen molar-refractivity contribution in [2.75, 3.05) is 0 Å². The summed E-state index contributed by atoms with van der Waals surface area (Å²) in [5.41, 5.74) is 4.23. The number of hydrogen-bond donors (Lipinski definition) is 0. The monoisotopic (exact) mass is 360 g/mol. The van der Waals surface area contributed by atoms with E-state index in [0.29, 0.717) is 0 Å². The summed E-state index contributed by atoms with van der Waals surface area (Å²) >= 11 is 9.00. The van der Waals surface area contributed by atoms with Gasteiger partial charge in [-0.2, -0.15) is 0 Å². The maximum absolute atomic E-state index is 5.95. The Morgan fingerprint density at radius 2 is 1.67 bits per heavy atom. The molecule has 0 bridgehead atoms. The molecule has 3 rings (SSSR count). The molecule has 0 aliphatic rings. The van der Waals surface area contributed by atoms with Crippen LogP contribution in [0.4, 0.5) is 0 Å². The number of aromatic nitrogens is 2. The van der Waals surface area contributed by atoms with Crippen LogP contribution in [0.2, 0.25) is 5.02 Å². The van der Waals surface area contributed by atoms with Crippen LogP contribution < -0.4 is 0 Å². The van der Waals surface area contributed by atoms with Gasteiger partial charge >= 0.3 is 136 Å². The topological polar surface area (TPSA) is 17.8 Å². The quantitative estimate of drug-likeness (QED) is 0.627. The Bertz CT molecular complexity index is 824. The van der Waals surface area contributed by atoms with E-state index in [-0.39, 0.29) is 0 Å². The Hall–Kier alpha value is -1.67. The van der Waals surface area contributed by atoms with Crippen molar-refractivity contribution < 1.29 is 0 Å². The van der Waals surface area contributed by atoms with E-state index in [1.165, 1.54) is 0 Å². The molecule has 1 aromatic heterocycles. The first-order chi connectivity index (χ1) is 10.1. The van der Waals surface area contributed by atoms with Crippen LogP contribution in [-0.2, 0) is 0 Å². The molecule has 4 heteroatoms. The van der Waals surface area contributed by atoms with E-state index in [1.54, 1.807) is 0 Å². The average molecular weight is 360 g/mol. The van der Waals surface area contributed by atoms with E-state index in [4.69, 9.17) is 11.6 Å². The Balaban J connectivity index is 2.13. The number of benzene rings is 2. The second-order valence-electron chi connectivity index (χ2n) is 4.74. The second kappa shape index (κ2) is 5.98. The maximum atomic E-state index is 5.95. The molecule has 0 spiro atoms. The average Bonchev–Trinajstić information content (AvgIpc) is 2.49. The van der Waals surface area contributed by atoms with Crippen molar-refractivity contribution in [1.29, 1.82) is 0 Å². The molecule has 0 saturated carbocycles. The van der Waals surface area contributed by atoms with Crippen LogP contribution in [0, 0.1) is 11.2 Å². The molecule has 2 aromatic carbocycles. The summed E-state index contributed by atoms with van der Waals surface area (Å²) in [7, 11) is 0. The summed E-state index contributed by atoms with van der Waals surface area (Å²) < 4.78 is 2.90. The van der Waals surface area contributed by atoms with Gasteiger partial charge in [0.25, 0.3) is 0 Å². The van der Waals surface area contributed by atoms with Gasteiger partial charge in [0.15, 0.2) is 0 Å². The fourth-order valence-electron chi connectivity index (χ4n) is 2.26. The second-order valence-corrected chi connectivity index (χ2v) is 5.95. The van der Waals surface area contributed by atoms with E-state index in [1.807, 2.05) is 42.5 Å². The Morgan fingerprint density at radius 3 is 2.29 bits per heavy atom. The van der Waals surface area contributed by atoms with Crippen LogP contribution in [0.3, 0.4) is 0 Å². The fourth-order valence-corrected chi connectivity index (χ4v) is 3.12. The molecule has 3 aromatic rings. The first-order valence-corrected chi connectivity index (χ1v) is 7.81. The van der Waals surface area contributed by atoms with Gasteiger partial charge in [0, 0.05) is 0 Å². The molecule has 0 amide bonds. The van der Waals surface area contributed by atoms with Crippen molar-refractivity contribution in [3.05, 3.63) is 75.7 Å². The Labute approximate surface area is 136 Å². The molecule has 1 heterocycles. The number of nitrogens with zero attached hydrogens (tertiary/aromatic N) is 2. The zero-order chi connectivity index (χ0) is 14.8. The van der Waals surface area contributed by atoms with Crippen molar-refractivity contribution >= 4 is 27.2 Å². The molecule has 104 valence electrons. The van der Waals surface area contributed by atoms with Gasteiger partial charge in [-0.25, -0.2) is 0 Å². The minimum absolute atomic E-state index is 0.729. The molecule has 0 atom stereocenters. The van der Waals surface area contributed by atoms with Crippen molar-refractivity contribution in [3.8, 4) is 16.9 Å². The number of halogens is 1. The zero-order valence-corrected chi connectivity index (χ0v) is 13.9. The van der Waals surface area contributed by atoms with Gasteiger partial charge in [-0.1, -0.05) is 0 Å². The normalized spacial score (nSPS) is 10.6. The van der Waals surface area contributed by atoms with Gasteiger partial charge < -0.3 is 0 Å². The van der Waals surface area contributed by atoms with Crippen molar-refractivity contribution in [3.63, 3.8) is 0 Å². The molecular weight excluding hydrogens is 347 g/mol. The summed E-state index contributed by atoms with van der Waals surface area (Å²) in [4.78, 5) is 4.68. The van der Waals surface area contributed by atoms with Crippen molar-refractivity contribution in [1.82, 2.24) is 9.55 Å². The van der Waals surface area contributed by atoms with Crippen LogP contribution in [-0.4, -0.2) is 25.1 Å². The minimum atomic E-state index is 0.729. The van der Waals surface area contributed by atoms with Crippen LogP contribution >= 0.6 is 11.6 Å². The Morgan fingerprint density at radius 1 is 1.00 bits per heavy atom. The van der Waals surface area contributed by atoms with Gasteiger partial charge in [-0.3, -0.25) is 0 Å². The fraction of sp³-hybridized carbons (Fsp3) is 0.0588. The summed E-state index contributed by atoms with van der Waals surface area (Å²) in [5, 5.41) is 0.729. The van der Waals surface area contributed by atoms with E-state index in [0.717, 1.165) is 32.0 Å². The van der Waals surface area contributed by atoms with E-state index in [9.17, 15) is 0 Å². The summed E-state index contributed by atoms with van der Waals surface area (Å²) in [5.74, 6) is 0. The standard InChI is InChI=1S/C17H13ClN2Se/c1-12-11-16(13-5-3-2-4-6-13)19-17(21)20(12)15-9-7-14(18)8-10-15/h2-11H,1H3. The molecular formula is C17H13ClN2Se. The molecule has 21 heavy (non-hydrogen) atoms. The van der Waals surface area contributed by atoms with Crippen LogP contribution in [0.1, 0.15) is 5.69 Å². The van der Waals surface area contributed by atoms with Crippen LogP contribution in [0.5, 0.6) is 0 Å². The molecule has 0 N–H and O–H groups in total. The predicted octanol–water partition coefficient (Wildman–Crippen LogP) is 4.20. The van der Waals surface area contributed by atoms with Gasteiger partial charge in [-0.15, -0.1) is 0 Å². The molecule has 0 radical (unpaired) electrons. The van der Waals surface area contributed by atoms with Gasteiger partial charge in [0.1, 0.15) is 0 Å². The SMILES string of the molecule is Cc1cc(-c2ccccc2)nc(=[Se])n1-c1ccc(Cl)cc1. The molecule has 0 aliphatic carbocycles. The van der Waals surface area contributed by atoms with Crippen LogP contribution in [0.25, 0.3) is 16.9 Å². The predicted molar refractivity (Wildman–Crippen MR) is 87.7 cm³/mol. The summed E-state index contributed by atoms with van der Waals surface area (Å²) in [6.45, 7) is 2.07. The van der Waals surface area contributed by atoms with Crippen molar-refractivity contribution in [2.45, 2.75) is 6.92 Å². The van der Waals surface area contributed by atoms with Crippen LogP contribution in [0.15, 0.2) is 60.7 Å². The molecule has 0 unspecified atom stereocenters. The number of hydrogen-bond acceptors (Lipinski definition) is 1. The molecule has 0 fully saturated rings. The number of aryl methyl sites for hydroxylation is 1. The molecule has 0 saturated heterocycles. The zero-order valence-electron chi connectivity index (χ0n) is 11.5. The van der Waals surface area contributed by atoms with E-state index >= 15 is 0 Å². The van der Waals surface area contributed by atoms with Gasteiger partial charge in [0.05, 0.1) is 0 Å².